The SMILES string of the molecule is C=C(Nc1ccc(-n2nc(C(F)(F)F)cc2C)cc1)c1ccccc1F. The van der Waals surface area contributed by atoms with Crippen molar-refractivity contribution in [2.24, 2.45) is 0 Å². The van der Waals surface area contributed by atoms with Crippen molar-refractivity contribution in [1.82, 2.24) is 9.78 Å². The topological polar surface area (TPSA) is 29.9 Å². The Morgan fingerprint density at radius 1 is 1.08 bits per heavy atom. The molecular weight excluding hydrogens is 346 g/mol. The van der Waals surface area contributed by atoms with Crippen LogP contribution in [-0.4, -0.2) is 9.78 Å². The van der Waals surface area contributed by atoms with Crippen LogP contribution in [0.4, 0.5) is 23.2 Å². The van der Waals surface area contributed by atoms with Crippen LogP contribution in [-0.2, 0) is 6.18 Å². The van der Waals surface area contributed by atoms with E-state index in [1.54, 1.807) is 49.4 Å². The summed E-state index contributed by atoms with van der Waals surface area (Å²) in [6, 6.07) is 13.8. The van der Waals surface area contributed by atoms with Crippen LogP contribution in [0.5, 0.6) is 0 Å². The van der Waals surface area contributed by atoms with E-state index in [1.807, 2.05) is 0 Å². The van der Waals surface area contributed by atoms with E-state index in [4.69, 9.17) is 0 Å². The number of rotatable bonds is 4. The van der Waals surface area contributed by atoms with Crippen LogP contribution in [0.25, 0.3) is 11.4 Å². The van der Waals surface area contributed by atoms with E-state index in [1.165, 1.54) is 10.7 Å². The van der Waals surface area contributed by atoms with Gasteiger partial charge >= 0.3 is 6.18 Å². The van der Waals surface area contributed by atoms with E-state index >= 15 is 0 Å². The normalized spacial score (nSPS) is 11.4. The van der Waals surface area contributed by atoms with Gasteiger partial charge in [-0.05, 0) is 49.4 Å². The molecule has 1 aromatic heterocycles. The fourth-order valence-electron chi connectivity index (χ4n) is 2.51. The third-order valence-electron chi connectivity index (χ3n) is 3.78. The molecular formula is C19H15F4N3. The summed E-state index contributed by atoms with van der Waals surface area (Å²) in [7, 11) is 0. The van der Waals surface area contributed by atoms with Crippen LogP contribution in [0.1, 0.15) is 17.0 Å². The molecule has 0 aliphatic rings. The number of nitrogens with one attached hydrogen (secondary N) is 1. The molecule has 0 unspecified atom stereocenters. The zero-order valence-corrected chi connectivity index (χ0v) is 13.8. The highest BCUT2D eigenvalue weighted by atomic mass is 19.4. The summed E-state index contributed by atoms with van der Waals surface area (Å²) in [5.41, 5.74) is 1.27. The number of hydrogen-bond donors (Lipinski definition) is 1. The van der Waals surface area contributed by atoms with Crippen molar-refractivity contribution < 1.29 is 17.6 Å². The largest absolute Gasteiger partial charge is 0.435 e. The highest BCUT2D eigenvalue weighted by Crippen LogP contribution is 2.29. The summed E-state index contributed by atoms with van der Waals surface area (Å²) < 4.78 is 53.3. The number of aryl methyl sites for hydroxylation is 1. The molecule has 134 valence electrons. The number of anilines is 1. The Hall–Kier alpha value is -3.09. The molecule has 0 radical (unpaired) electrons. The summed E-state index contributed by atoms with van der Waals surface area (Å²) in [5.74, 6) is -0.395. The van der Waals surface area contributed by atoms with Gasteiger partial charge in [0.2, 0.25) is 0 Å². The van der Waals surface area contributed by atoms with Crippen LogP contribution in [0.15, 0.2) is 61.2 Å². The van der Waals surface area contributed by atoms with E-state index in [-0.39, 0.29) is 0 Å². The number of aromatic nitrogens is 2. The highest BCUT2D eigenvalue weighted by molar-refractivity contribution is 5.75. The quantitative estimate of drug-likeness (QED) is 0.629. The first-order chi connectivity index (χ1) is 12.3. The molecule has 0 fully saturated rings. The van der Waals surface area contributed by atoms with Gasteiger partial charge in [-0.3, -0.25) is 0 Å². The minimum atomic E-state index is -4.49. The van der Waals surface area contributed by atoms with Crippen molar-refractivity contribution in [2.45, 2.75) is 13.1 Å². The molecule has 0 amide bonds. The lowest BCUT2D eigenvalue weighted by atomic mass is 10.1. The molecule has 3 rings (SSSR count). The first-order valence-corrected chi connectivity index (χ1v) is 7.71. The summed E-state index contributed by atoms with van der Waals surface area (Å²) in [5, 5.41) is 6.58. The molecule has 0 spiro atoms. The van der Waals surface area contributed by atoms with Gasteiger partial charge in [0.1, 0.15) is 5.82 Å². The number of benzene rings is 2. The maximum Gasteiger partial charge on any atom is 0.435 e. The van der Waals surface area contributed by atoms with E-state index in [0.29, 0.717) is 28.3 Å². The van der Waals surface area contributed by atoms with Gasteiger partial charge in [-0.15, -0.1) is 0 Å². The lowest BCUT2D eigenvalue weighted by molar-refractivity contribution is -0.141. The van der Waals surface area contributed by atoms with Gasteiger partial charge in [0.05, 0.1) is 5.69 Å². The molecule has 3 aromatic rings. The summed E-state index contributed by atoms with van der Waals surface area (Å²) >= 11 is 0. The maximum absolute atomic E-state index is 13.8. The monoisotopic (exact) mass is 361 g/mol. The Balaban J connectivity index is 1.80. The molecule has 3 nitrogen and oxygen atoms in total. The number of nitrogens with zero attached hydrogens (tertiary/aromatic N) is 2. The van der Waals surface area contributed by atoms with E-state index in [2.05, 4.69) is 17.0 Å². The molecule has 1 N–H and O–H groups in total. The van der Waals surface area contributed by atoms with Gasteiger partial charge in [-0.2, -0.15) is 18.3 Å². The summed E-state index contributed by atoms with van der Waals surface area (Å²) in [6.07, 6.45) is -4.49. The second-order valence-electron chi connectivity index (χ2n) is 5.71. The zero-order chi connectivity index (χ0) is 18.9. The molecule has 0 saturated heterocycles. The molecule has 7 heteroatoms. The molecule has 0 aliphatic carbocycles. The molecule has 2 aromatic carbocycles. The number of hydrogen-bond acceptors (Lipinski definition) is 2. The van der Waals surface area contributed by atoms with Crippen molar-refractivity contribution in [3.63, 3.8) is 0 Å². The predicted molar refractivity (Wildman–Crippen MR) is 92.4 cm³/mol. The summed E-state index contributed by atoms with van der Waals surface area (Å²) in [6.45, 7) is 5.36. The van der Waals surface area contributed by atoms with Crippen molar-refractivity contribution in [2.75, 3.05) is 5.32 Å². The van der Waals surface area contributed by atoms with Gasteiger partial charge < -0.3 is 5.32 Å². The average molecular weight is 361 g/mol. The van der Waals surface area contributed by atoms with E-state index < -0.39 is 17.7 Å². The second-order valence-corrected chi connectivity index (χ2v) is 5.71. The van der Waals surface area contributed by atoms with Crippen LogP contribution in [0.2, 0.25) is 0 Å². The Morgan fingerprint density at radius 2 is 1.73 bits per heavy atom. The standard InChI is InChI=1S/C19H15F4N3/c1-12-11-18(19(21,22)23)25-26(12)15-9-7-14(8-10-15)24-13(2)16-5-3-4-6-17(16)20/h3-11,24H,2H2,1H3. The molecule has 0 aliphatic heterocycles. The molecule has 26 heavy (non-hydrogen) atoms. The minimum Gasteiger partial charge on any atom is -0.355 e. The minimum absolute atomic E-state index is 0.342. The van der Waals surface area contributed by atoms with Gasteiger partial charge in [-0.25, -0.2) is 9.07 Å². The van der Waals surface area contributed by atoms with Gasteiger partial charge in [-0.1, -0.05) is 18.7 Å². The fourth-order valence-corrected chi connectivity index (χ4v) is 2.51. The van der Waals surface area contributed by atoms with Gasteiger partial charge in [0, 0.05) is 22.6 Å². The van der Waals surface area contributed by atoms with E-state index in [0.717, 1.165) is 6.07 Å². The second kappa shape index (κ2) is 6.67. The fraction of sp³-hybridized carbons (Fsp3) is 0.105. The molecule has 0 atom stereocenters. The third-order valence-corrected chi connectivity index (χ3v) is 3.78. The first-order valence-electron chi connectivity index (χ1n) is 7.71. The van der Waals surface area contributed by atoms with Crippen molar-refractivity contribution in [1.29, 1.82) is 0 Å². The Labute approximate surface area is 147 Å². The lowest BCUT2D eigenvalue weighted by Crippen LogP contribution is -2.07. The molecule has 1 heterocycles. The van der Waals surface area contributed by atoms with Crippen molar-refractivity contribution in [3.05, 3.63) is 83.9 Å². The summed E-state index contributed by atoms with van der Waals surface area (Å²) in [4.78, 5) is 0. The average Bonchev–Trinajstić information content (AvgIpc) is 2.98. The van der Waals surface area contributed by atoms with Crippen molar-refractivity contribution >= 4 is 11.4 Å². The van der Waals surface area contributed by atoms with Crippen molar-refractivity contribution in [3.8, 4) is 5.69 Å². The van der Waals surface area contributed by atoms with Crippen LogP contribution < -0.4 is 5.32 Å². The maximum atomic E-state index is 13.8. The lowest BCUT2D eigenvalue weighted by Gasteiger charge is -2.12. The highest BCUT2D eigenvalue weighted by Gasteiger charge is 2.34. The molecule has 0 saturated carbocycles. The number of alkyl halides is 3. The zero-order valence-electron chi connectivity index (χ0n) is 13.8. The van der Waals surface area contributed by atoms with Gasteiger partial charge in [0.25, 0.3) is 0 Å². The van der Waals surface area contributed by atoms with Gasteiger partial charge in [0.15, 0.2) is 5.69 Å². The Kier molecular flexibility index (Phi) is 4.54. The third kappa shape index (κ3) is 3.61. The van der Waals surface area contributed by atoms with E-state index in [9.17, 15) is 17.6 Å². The predicted octanol–water partition coefficient (Wildman–Crippen LogP) is 5.42. The van der Waals surface area contributed by atoms with Crippen LogP contribution in [0.3, 0.4) is 0 Å². The molecule has 0 bridgehead atoms. The van der Waals surface area contributed by atoms with Crippen LogP contribution in [0, 0.1) is 12.7 Å². The Bertz CT molecular complexity index is 940. The number of halogens is 4. The Morgan fingerprint density at radius 3 is 2.31 bits per heavy atom. The first kappa shape index (κ1) is 17.7. The van der Waals surface area contributed by atoms with Crippen LogP contribution >= 0.6 is 0 Å². The smallest absolute Gasteiger partial charge is 0.355 e.